The van der Waals surface area contributed by atoms with Gasteiger partial charge in [-0.2, -0.15) is 0 Å². The molecule has 0 saturated heterocycles. The molecule has 3 rings (SSSR count). The smallest absolute Gasteiger partial charge is 0.131 e. The SMILES string of the molecule is C[C@H](O)c1c(F)cccc1N1CCc2ccccc2CC1. The molecule has 0 bridgehead atoms. The highest BCUT2D eigenvalue weighted by atomic mass is 19.1. The molecule has 0 aliphatic carbocycles. The van der Waals surface area contributed by atoms with Gasteiger partial charge in [0.05, 0.1) is 6.10 Å². The molecular weight excluding hydrogens is 265 g/mol. The maximum absolute atomic E-state index is 14.0. The van der Waals surface area contributed by atoms with Crippen LogP contribution in [0.1, 0.15) is 29.7 Å². The quantitative estimate of drug-likeness (QED) is 0.913. The third-order valence-electron chi connectivity index (χ3n) is 4.21. The van der Waals surface area contributed by atoms with Gasteiger partial charge in [-0.15, -0.1) is 0 Å². The van der Waals surface area contributed by atoms with Gasteiger partial charge in [0.1, 0.15) is 5.82 Å². The first-order chi connectivity index (χ1) is 10.2. The summed E-state index contributed by atoms with van der Waals surface area (Å²) in [6.07, 6.45) is 1.10. The lowest BCUT2D eigenvalue weighted by molar-refractivity contribution is 0.194. The molecule has 1 heterocycles. The molecule has 1 aliphatic rings. The number of aliphatic hydroxyl groups is 1. The van der Waals surface area contributed by atoms with E-state index in [0.717, 1.165) is 31.6 Å². The van der Waals surface area contributed by atoms with Gasteiger partial charge in [0, 0.05) is 24.3 Å². The maximum Gasteiger partial charge on any atom is 0.131 e. The highest BCUT2D eigenvalue weighted by Crippen LogP contribution is 2.30. The van der Waals surface area contributed by atoms with Crippen molar-refractivity contribution in [1.29, 1.82) is 0 Å². The first-order valence-electron chi connectivity index (χ1n) is 7.45. The molecule has 0 fully saturated rings. The molecule has 1 aliphatic heterocycles. The van der Waals surface area contributed by atoms with Gasteiger partial charge in [-0.25, -0.2) is 4.39 Å². The largest absolute Gasteiger partial charge is 0.389 e. The van der Waals surface area contributed by atoms with Crippen molar-refractivity contribution < 1.29 is 9.50 Å². The summed E-state index contributed by atoms with van der Waals surface area (Å²) in [5.74, 6) is -0.329. The lowest BCUT2D eigenvalue weighted by Crippen LogP contribution is -2.27. The fourth-order valence-corrected chi connectivity index (χ4v) is 3.12. The van der Waals surface area contributed by atoms with Crippen LogP contribution in [0.3, 0.4) is 0 Å². The first kappa shape index (κ1) is 14.1. The molecule has 1 atom stereocenters. The van der Waals surface area contributed by atoms with E-state index in [-0.39, 0.29) is 5.82 Å². The monoisotopic (exact) mass is 285 g/mol. The molecule has 2 aromatic rings. The number of fused-ring (bicyclic) bond motifs is 1. The summed E-state index contributed by atoms with van der Waals surface area (Å²) in [6.45, 7) is 3.31. The number of nitrogens with zero attached hydrogens (tertiary/aromatic N) is 1. The van der Waals surface area contributed by atoms with Crippen LogP contribution < -0.4 is 4.90 Å². The summed E-state index contributed by atoms with van der Waals surface area (Å²) in [7, 11) is 0. The van der Waals surface area contributed by atoms with Crippen LogP contribution in [-0.2, 0) is 12.8 Å². The van der Waals surface area contributed by atoms with Crippen LogP contribution in [0.15, 0.2) is 42.5 Å². The Balaban J connectivity index is 1.92. The van der Waals surface area contributed by atoms with E-state index in [4.69, 9.17) is 0 Å². The van der Waals surface area contributed by atoms with Gasteiger partial charge in [-0.1, -0.05) is 30.3 Å². The summed E-state index contributed by atoms with van der Waals surface area (Å²) in [5.41, 5.74) is 3.96. The van der Waals surface area contributed by atoms with E-state index in [1.165, 1.54) is 17.2 Å². The van der Waals surface area contributed by atoms with Crippen LogP contribution in [0, 0.1) is 5.82 Å². The summed E-state index contributed by atoms with van der Waals surface area (Å²) in [6, 6.07) is 13.5. The van der Waals surface area contributed by atoms with Crippen LogP contribution in [0.25, 0.3) is 0 Å². The van der Waals surface area contributed by atoms with E-state index in [1.54, 1.807) is 13.0 Å². The molecule has 0 aromatic heterocycles. The maximum atomic E-state index is 14.0. The van der Waals surface area contributed by atoms with Crippen molar-refractivity contribution in [1.82, 2.24) is 0 Å². The number of rotatable bonds is 2. The van der Waals surface area contributed by atoms with Crippen molar-refractivity contribution in [2.75, 3.05) is 18.0 Å². The van der Waals surface area contributed by atoms with Gasteiger partial charge < -0.3 is 10.0 Å². The minimum Gasteiger partial charge on any atom is -0.389 e. The van der Waals surface area contributed by atoms with Crippen molar-refractivity contribution in [2.45, 2.75) is 25.9 Å². The molecule has 0 unspecified atom stereocenters. The Morgan fingerprint density at radius 3 is 2.19 bits per heavy atom. The third kappa shape index (κ3) is 2.79. The number of benzene rings is 2. The molecule has 0 amide bonds. The van der Waals surface area contributed by atoms with Crippen LogP contribution in [0.5, 0.6) is 0 Å². The van der Waals surface area contributed by atoms with Gasteiger partial charge >= 0.3 is 0 Å². The minimum atomic E-state index is -0.799. The summed E-state index contributed by atoms with van der Waals surface area (Å²) in [4.78, 5) is 2.19. The fourth-order valence-electron chi connectivity index (χ4n) is 3.12. The van der Waals surface area contributed by atoms with Gasteiger partial charge in [0.2, 0.25) is 0 Å². The molecule has 3 heteroatoms. The van der Waals surface area contributed by atoms with E-state index in [2.05, 4.69) is 29.2 Å². The molecule has 1 N–H and O–H groups in total. The Morgan fingerprint density at radius 1 is 1.00 bits per heavy atom. The molecular formula is C18H20FNO. The Bertz CT molecular complexity index is 612. The number of hydrogen-bond donors (Lipinski definition) is 1. The molecule has 0 radical (unpaired) electrons. The normalized spacial score (nSPS) is 16.2. The van der Waals surface area contributed by atoms with E-state index in [9.17, 15) is 9.50 Å². The summed E-state index contributed by atoms with van der Waals surface area (Å²) >= 11 is 0. The summed E-state index contributed by atoms with van der Waals surface area (Å²) < 4.78 is 14.0. The number of aliphatic hydroxyl groups excluding tert-OH is 1. The molecule has 0 saturated carbocycles. The van der Waals surface area contributed by atoms with Crippen molar-refractivity contribution in [3.63, 3.8) is 0 Å². The van der Waals surface area contributed by atoms with Gasteiger partial charge in [-0.05, 0) is 43.0 Å². The molecule has 2 nitrogen and oxygen atoms in total. The number of hydrogen-bond acceptors (Lipinski definition) is 2. The second kappa shape index (κ2) is 5.86. The average Bonchev–Trinajstić information content (AvgIpc) is 2.69. The van der Waals surface area contributed by atoms with Crippen LogP contribution in [0.4, 0.5) is 10.1 Å². The number of halogens is 1. The van der Waals surface area contributed by atoms with Crippen LogP contribution >= 0.6 is 0 Å². The minimum absolute atomic E-state index is 0.329. The van der Waals surface area contributed by atoms with E-state index in [0.29, 0.717) is 5.56 Å². The zero-order valence-electron chi connectivity index (χ0n) is 12.2. The molecule has 0 spiro atoms. The second-order valence-electron chi connectivity index (χ2n) is 5.60. The van der Waals surface area contributed by atoms with E-state index in [1.807, 2.05) is 6.07 Å². The molecule has 110 valence electrons. The number of anilines is 1. The Hall–Kier alpha value is -1.87. The van der Waals surface area contributed by atoms with Gasteiger partial charge in [0.15, 0.2) is 0 Å². The van der Waals surface area contributed by atoms with Crippen molar-refractivity contribution in [2.24, 2.45) is 0 Å². The third-order valence-corrected chi connectivity index (χ3v) is 4.21. The van der Waals surface area contributed by atoms with Crippen LogP contribution in [0.2, 0.25) is 0 Å². The van der Waals surface area contributed by atoms with E-state index < -0.39 is 6.10 Å². The zero-order valence-corrected chi connectivity index (χ0v) is 12.2. The highest BCUT2D eigenvalue weighted by molar-refractivity contribution is 5.56. The Morgan fingerprint density at radius 2 is 1.62 bits per heavy atom. The Kier molecular flexibility index (Phi) is 3.93. The lowest BCUT2D eigenvalue weighted by Gasteiger charge is -2.26. The highest BCUT2D eigenvalue weighted by Gasteiger charge is 2.20. The van der Waals surface area contributed by atoms with Crippen molar-refractivity contribution in [3.8, 4) is 0 Å². The standard InChI is InChI=1S/C18H20FNO/c1-13(21)18-16(19)7-4-8-17(18)20-11-9-14-5-2-3-6-15(14)10-12-20/h2-8,13,21H,9-12H2,1H3/t13-/m0/s1. The molecule has 21 heavy (non-hydrogen) atoms. The predicted octanol–water partition coefficient (Wildman–Crippen LogP) is 3.48. The van der Waals surface area contributed by atoms with Crippen LogP contribution in [-0.4, -0.2) is 18.2 Å². The Labute approximate surface area is 124 Å². The lowest BCUT2D eigenvalue weighted by atomic mass is 10.0. The predicted molar refractivity (Wildman–Crippen MR) is 83.1 cm³/mol. The molecule has 2 aromatic carbocycles. The zero-order chi connectivity index (χ0) is 14.8. The summed E-state index contributed by atoms with van der Waals surface area (Å²) in [5, 5.41) is 9.89. The van der Waals surface area contributed by atoms with Gasteiger partial charge in [-0.3, -0.25) is 0 Å². The average molecular weight is 285 g/mol. The second-order valence-corrected chi connectivity index (χ2v) is 5.60. The topological polar surface area (TPSA) is 23.5 Å². The van der Waals surface area contributed by atoms with Gasteiger partial charge in [0.25, 0.3) is 0 Å². The first-order valence-corrected chi connectivity index (χ1v) is 7.45. The van der Waals surface area contributed by atoms with Crippen molar-refractivity contribution >= 4 is 5.69 Å². The van der Waals surface area contributed by atoms with Crippen molar-refractivity contribution in [3.05, 3.63) is 65.0 Å². The fraction of sp³-hybridized carbons (Fsp3) is 0.333. The van der Waals surface area contributed by atoms with E-state index >= 15 is 0 Å².